The SMILES string of the molecule is COC(=O)CCc1ccc(OCc2oc(-c3ccc(C(F)(F)F)cc3)nc2C)cc1C. The smallest absolute Gasteiger partial charge is 0.416 e. The van der Waals surface area contributed by atoms with Gasteiger partial charge in [-0.15, -0.1) is 0 Å². The maximum Gasteiger partial charge on any atom is 0.416 e. The second-order valence-corrected chi connectivity index (χ2v) is 7.06. The van der Waals surface area contributed by atoms with Crippen LogP contribution in [0.5, 0.6) is 5.75 Å². The molecule has 2 aromatic carbocycles. The van der Waals surface area contributed by atoms with E-state index < -0.39 is 11.7 Å². The van der Waals surface area contributed by atoms with Crippen LogP contribution in [-0.2, 0) is 28.7 Å². The zero-order valence-electron chi connectivity index (χ0n) is 17.4. The second kappa shape index (κ2) is 9.24. The van der Waals surface area contributed by atoms with E-state index in [1.165, 1.54) is 19.2 Å². The zero-order chi connectivity index (χ0) is 22.6. The molecule has 164 valence electrons. The molecule has 0 bridgehead atoms. The first-order valence-electron chi connectivity index (χ1n) is 9.60. The molecule has 0 atom stereocenters. The first kappa shape index (κ1) is 22.4. The van der Waals surface area contributed by atoms with Crippen LogP contribution in [0.15, 0.2) is 46.9 Å². The molecule has 1 aromatic heterocycles. The molecular formula is C23H22F3NO4. The maximum absolute atomic E-state index is 12.7. The van der Waals surface area contributed by atoms with Crippen molar-refractivity contribution in [2.45, 2.75) is 39.5 Å². The molecule has 0 N–H and O–H groups in total. The minimum Gasteiger partial charge on any atom is -0.486 e. The van der Waals surface area contributed by atoms with Crippen molar-refractivity contribution in [3.05, 3.63) is 70.6 Å². The summed E-state index contributed by atoms with van der Waals surface area (Å²) >= 11 is 0. The minimum absolute atomic E-state index is 0.125. The topological polar surface area (TPSA) is 61.6 Å². The number of ether oxygens (including phenoxy) is 2. The van der Waals surface area contributed by atoms with Gasteiger partial charge in [0.05, 0.1) is 18.4 Å². The lowest BCUT2D eigenvalue weighted by atomic mass is 10.0. The molecular weight excluding hydrogens is 411 g/mol. The van der Waals surface area contributed by atoms with Crippen LogP contribution in [0.4, 0.5) is 13.2 Å². The monoisotopic (exact) mass is 433 g/mol. The number of methoxy groups -OCH3 is 1. The molecule has 0 saturated carbocycles. The summed E-state index contributed by atoms with van der Waals surface area (Å²) in [6.07, 6.45) is -3.50. The third-order valence-corrected chi connectivity index (χ3v) is 4.86. The van der Waals surface area contributed by atoms with Crippen molar-refractivity contribution in [1.29, 1.82) is 0 Å². The van der Waals surface area contributed by atoms with Crippen molar-refractivity contribution in [3.8, 4) is 17.2 Å². The molecule has 0 spiro atoms. The third kappa shape index (κ3) is 5.65. The fraction of sp³-hybridized carbons (Fsp3) is 0.304. The standard InChI is InChI=1S/C23H22F3NO4/c1-14-12-19(10-6-16(14)7-11-21(28)29-3)30-13-20-15(2)27-22(31-20)17-4-8-18(9-5-17)23(24,25)26/h4-6,8-10,12H,7,11,13H2,1-3H3. The molecule has 0 amide bonds. The molecule has 3 rings (SSSR count). The number of hydrogen-bond donors (Lipinski definition) is 0. The van der Waals surface area contributed by atoms with E-state index in [0.717, 1.165) is 23.3 Å². The summed E-state index contributed by atoms with van der Waals surface area (Å²) < 4.78 is 54.3. The van der Waals surface area contributed by atoms with Gasteiger partial charge in [0.15, 0.2) is 5.76 Å². The summed E-state index contributed by atoms with van der Waals surface area (Å²) in [6, 6.07) is 10.2. The van der Waals surface area contributed by atoms with Crippen molar-refractivity contribution in [3.63, 3.8) is 0 Å². The number of benzene rings is 2. The normalized spacial score (nSPS) is 11.4. The van der Waals surface area contributed by atoms with Gasteiger partial charge in [0.1, 0.15) is 12.4 Å². The zero-order valence-corrected chi connectivity index (χ0v) is 17.4. The Kier molecular flexibility index (Phi) is 6.68. The Hall–Kier alpha value is -3.29. The molecule has 0 fully saturated rings. The molecule has 0 unspecified atom stereocenters. The number of alkyl halides is 3. The molecule has 1 heterocycles. The van der Waals surface area contributed by atoms with Gasteiger partial charge in [-0.25, -0.2) is 4.98 Å². The van der Waals surface area contributed by atoms with E-state index in [9.17, 15) is 18.0 Å². The number of rotatable bonds is 7. The van der Waals surface area contributed by atoms with E-state index in [1.807, 2.05) is 25.1 Å². The Labute approximate surface area is 177 Å². The summed E-state index contributed by atoms with van der Waals surface area (Å²) in [7, 11) is 1.36. The average Bonchev–Trinajstić information content (AvgIpc) is 3.11. The number of halogens is 3. The van der Waals surface area contributed by atoms with Crippen LogP contribution in [0.1, 0.15) is 34.6 Å². The Balaban J connectivity index is 1.66. The fourth-order valence-corrected chi connectivity index (χ4v) is 3.01. The summed E-state index contributed by atoms with van der Waals surface area (Å²) in [4.78, 5) is 15.6. The van der Waals surface area contributed by atoms with Crippen LogP contribution in [0.2, 0.25) is 0 Å². The second-order valence-electron chi connectivity index (χ2n) is 7.06. The first-order chi connectivity index (χ1) is 14.7. The van der Waals surface area contributed by atoms with Gasteiger partial charge in [0.25, 0.3) is 0 Å². The number of esters is 1. The number of aromatic nitrogens is 1. The highest BCUT2D eigenvalue weighted by atomic mass is 19.4. The maximum atomic E-state index is 12.7. The van der Waals surface area contributed by atoms with Crippen molar-refractivity contribution in [2.75, 3.05) is 7.11 Å². The lowest BCUT2D eigenvalue weighted by Gasteiger charge is -2.09. The van der Waals surface area contributed by atoms with E-state index in [-0.39, 0.29) is 18.5 Å². The first-order valence-corrected chi connectivity index (χ1v) is 9.60. The molecule has 0 aliphatic carbocycles. The highest BCUT2D eigenvalue weighted by Gasteiger charge is 2.30. The lowest BCUT2D eigenvalue weighted by Crippen LogP contribution is -2.03. The van der Waals surface area contributed by atoms with Gasteiger partial charge in [0, 0.05) is 12.0 Å². The summed E-state index contributed by atoms with van der Waals surface area (Å²) in [6.45, 7) is 3.80. The Morgan fingerprint density at radius 2 is 1.81 bits per heavy atom. The predicted octanol–water partition coefficient (Wildman–Crippen LogP) is 5.66. The molecule has 0 radical (unpaired) electrons. The summed E-state index contributed by atoms with van der Waals surface area (Å²) in [5, 5.41) is 0. The average molecular weight is 433 g/mol. The largest absolute Gasteiger partial charge is 0.486 e. The molecule has 0 saturated heterocycles. The van der Waals surface area contributed by atoms with Crippen molar-refractivity contribution in [2.24, 2.45) is 0 Å². The highest BCUT2D eigenvalue weighted by molar-refractivity contribution is 5.69. The number of hydrogen-bond acceptors (Lipinski definition) is 5. The quantitative estimate of drug-likeness (QED) is 0.450. The number of carbonyl (C=O) groups excluding carboxylic acids is 1. The van der Waals surface area contributed by atoms with Crippen molar-refractivity contribution in [1.82, 2.24) is 4.98 Å². The minimum atomic E-state index is -4.39. The molecule has 8 heteroatoms. The van der Waals surface area contributed by atoms with Crippen LogP contribution >= 0.6 is 0 Å². The van der Waals surface area contributed by atoms with Gasteiger partial charge in [-0.2, -0.15) is 13.2 Å². The van der Waals surface area contributed by atoms with Crippen LogP contribution in [0.25, 0.3) is 11.5 Å². The van der Waals surface area contributed by atoms with Crippen LogP contribution in [0.3, 0.4) is 0 Å². The lowest BCUT2D eigenvalue weighted by molar-refractivity contribution is -0.140. The van der Waals surface area contributed by atoms with Gasteiger partial charge < -0.3 is 13.9 Å². The third-order valence-electron chi connectivity index (χ3n) is 4.86. The summed E-state index contributed by atoms with van der Waals surface area (Å²) in [5.41, 5.74) is 2.34. The predicted molar refractivity (Wildman–Crippen MR) is 108 cm³/mol. The van der Waals surface area contributed by atoms with E-state index in [1.54, 1.807) is 6.92 Å². The number of carbonyl (C=O) groups is 1. The van der Waals surface area contributed by atoms with E-state index in [2.05, 4.69) is 9.72 Å². The van der Waals surface area contributed by atoms with Crippen LogP contribution < -0.4 is 4.74 Å². The van der Waals surface area contributed by atoms with E-state index >= 15 is 0 Å². The Bertz CT molecular complexity index is 1060. The van der Waals surface area contributed by atoms with Gasteiger partial charge in [-0.1, -0.05) is 6.07 Å². The Morgan fingerprint density at radius 3 is 2.42 bits per heavy atom. The number of aryl methyl sites for hydroxylation is 3. The van der Waals surface area contributed by atoms with Crippen molar-refractivity contribution < 1.29 is 31.9 Å². The fourth-order valence-electron chi connectivity index (χ4n) is 3.01. The number of nitrogens with zero attached hydrogens (tertiary/aromatic N) is 1. The Morgan fingerprint density at radius 1 is 1.10 bits per heavy atom. The molecule has 3 aromatic rings. The van der Waals surface area contributed by atoms with Gasteiger partial charge in [-0.3, -0.25) is 4.79 Å². The molecule has 0 aliphatic rings. The van der Waals surface area contributed by atoms with Crippen LogP contribution in [0, 0.1) is 13.8 Å². The van der Waals surface area contributed by atoms with Gasteiger partial charge in [0.2, 0.25) is 5.89 Å². The molecule has 5 nitrogen and oxygen atoms in total. The molecule has 31 heavy (non-hydrogen) atoms. The molecule has 0 aliphatic heterocycles. The van der Waals surface area contributed by atoms with Crippen LogP contribution in [-0.4, -0.2) is 18.1 Å². The van der Waals surface area contributed by atoms with Crippen molar-refractivity contribution >= 4 is 5.97 Å². The van der Waals surface area contributed by atoms with Gasteiger partial charge >= 0.3 is 12.1 Å². The van der Waals surface area contributed by atoms with Gasteiger partial charge in [-0.05, 0) is 67.8 Å². The van der Waals surface area contributed by atoms with E-state index in [4.69, 9.17) is 9.15 Å². The summed E-state index contributed by atoms with van der Waals surface area (Å²) in [5.74, 6) is 1.09. The van der Waals surface area contributed by atoms with E-state index in [0.29, 0.717) is 35.6 Å². The number of oxazole rings is 1. The highest BCUT2D eigenvalue weighted by Crippen LogP contribution is 2.31.